The molecule has 0 amide bonds. The minimum absolute atomic E-state index is 0.0129. The molecule has 2 rings (SSSR count). The highest BCUT2D eigenvalue weighted by atomic mass is 32.2. The standard InChI is InChI=1S/C15H10F3NOS/c16-15(17,18)12-3-6-14(11(7-12)8-19)21-13-4-1-10(9-20)2-5-13/h1-7,20H,9H2. The maximum Gasteiger partial charge on any atom is 0.416 e. The first-order valence-corrected chi connectivity index (χ1v) is 6.74. The second-order valence-corrected chi connectivity index (χ2v) is 5.34. The molecule has 0 aliphatic heterocycles. The fraction of sp³-hybridized carbons (Fsp3) is 0.133. The van der Waals surface area contributed by atoms with E-state index in [4.69, 9.17) is 10.4 Å². The van der Waals surface area contributed by atoms with Gasteiger partial charge in [0, 0.05) is 9.79 Å². The Hall–Kier alpha value is -1.97. The van der Waals surface area contributed by atoms with Crippen LogP contribution in [0, 0.1) is 11.3 Å². The van der Waals surface area contributed by atoms with Crippen molar-refractivity contribution in [3.05, 3.63) is 59.2 Å². The molecule has 21 heavy (non-hydrogen) atoms. The second kappa shape index (κ2) is 6.20. The largest absolute Gasteiger partial charge is 0.416 e. The molecule has 0 fully saturated rings. The summed E-state index contributed by atoms with van der Waals surface area (Å²) in [5, 5.41) is 18.0. The summed E-state index contributed by atoms with van der Waals surface area (Å²) in [4.78, 5) is 1.24. The predicted octanol–water partition coefficient (Wildman–Crippen LogP) is 4.22. The Balaban J connectivity index is 2.29. The molecule has 0 atom stereocenters. The minimum Gasteiger partial charge on any atom is -0.392 e. The molecule has 1 N–H and O–H groups in total. The molecule has 0 spiro atoms. The molecule has 0 heterocycles. The van der Waals surface area contributed by atoms with Gasteiger partial charge in [-0.05, 0) is 35.9 Å². The predicted molar refractivity (Wildman–Crippen MR) is 72.6 cm³/mol. The van der Waals surface area contributed by atoms with Gasteiger partial charge in [-0.15, -0.1) is 0 Å². The van der Waals surface area contributed by atoms with E-state index in [1.807, 2.05) is 0 Å². The van der Waals surface area contributed by atoms with Crippen LogP contribution in [0.5, 0.6) is 0 Å². The normalized spacial score (nSPS) is 11.2. The third-order valence-corrected chi connectivity index (χ3v) is 3.84. The maximum atomic E-state index is 12.6. The topological polar surface area (TPSA) is 44.0 Å². The van der Waals surface area contributed by atoms with Crippen molar-refractivity contribution in [1.82, 2.24) is 0 Å². The van der Waals surface area contributed by atoms with Crippen LogP contribution in [0.1, 0.15) is 16.7 Å². The quantitative estimate of drug-likeness (QED) is 0.923. The van der Waals surface area contributed by atoms with E-state index in [-0.39, 0.29) is 12.2 Å². The number of hydrogen-bond acceptors (Lipinski definition) is 3. The van der Waals surface area contributed by atoms with Crippen LogP contribution in [0.2, 0.25) is 0 Å². The summed E-state index contributed by atoms with van der Waals surface area (Å²) in [7, 11) is 0. The van der Waals surface area contributed by atoms with Gasteiger partial charge in [-0.3, -0.25) is 0 Å². The van der Waals surface area contributed by atoms with E-state index in [1.54, 1.807) is 30.3 Å². The molecule has 0 saturated heterocycles. The highest BCUT2D eigenvalue weighted by molar-refractivity contribution is 7.99. The number of halogens is 3. The van der Waals surface area contributed by atoms with Crippen LogP contribution in [0.4, 0.5) is 13.2 Å². The zero-order chi connectivity index (χ0) is 15.5. The molecular formula is C15H10F3NOS. The molecule has 0 bridgehead atoms. The number of nitrogens with zero attached hydrogens (tertiary/aromatic N) is 1. The van der Waals surface area contributed by atoms with Crippen molar-refractivity contribution in [2.24, 2.45) is 0 Å². The van der Waals surface area contributed by atoms with Crippen molar-refractivity contribution in [2.45, 2.75) is 22.6 Å². The van der Waals surface area contributed by atoms with E-state index in [2.05, 4.69) is 0 Å². The molecule has 2 aromatic rings. The fourth-order valence-electron chi connectivity index (χ4n) is 1.67. The van der Waals surface area contributed by atoms with Gasteiger partial charge in [0.1, 0.15) is 6.07 Å². The Morgan fingerprint density at radius 3 is 2.29 bits per heavy atom. The molecule has 0 unspecified atom stereocenters. The highest BCUT2D eigenvalue weighted by Gasteiger charge is 2.31. The number of hydrogen-bond donors (Lipinski definition) is 1. The van der Waals surface area contributed by atoms with Crippen LogP contribution in [0.25, 0.3) is 0 Å². The van der Waals surface area contributed by atoms with E-state index in [0.717, 1.165) is 22.6 Å². The molecule has 2 nitrogen and oxygen atoms in total. The number of rotatable bonds is 3. The van der Waals surface area contributed by atoms with E-state index in [0.29, 0.717) is 4.90 Å². The van der Waals surface area contributed by atoms with Crippen molar-refractivity contribution >= 4 is 11.8 Å². The van der Waals surface area contributed by atoms with Crippen LogP contribution in [0.3, 0.4) is 0 Å². The number of alkyl halides is 3. The lowest BCUT2D eigenvalue weighted by atomic mass is 10.1. The zero-order valence-corrected chi connectivity index (χ0v) is 11.5. The fourth-order valence-corrected chi connectivity index (χ4v) is 2.55. The van der Waals surface area contributed by atoms with Gasteiger partial charge in [-0.2, -0.15) is 18.4 Å². The Morgan fingerprint density at radius 1 is 1.10 bits per heavy atom. The smallest absolute Gasteiger partial charge is 0.392 e. The lowest BCUT2D eigenvalue weighted by Gasteiger charge is -2.09. The van der Waals surface area contributed by atoms with Crippen LogP contribution in [0.15, 0.2) is 52.3 Å². The molecule has 2 aromatic carbocycles. The minimum atomic E-state index is -4.46. The van der Waals surface area contributed by atoms with Gasteiger partial charge in [-0.1, -0.05) is 23.9 Å². The van der Waals surface area contributed by atoms with Crippen molar-refractivity contribution in [3.8, 4) is 6.07 Å². The molecular weight excluding hydrogens is 299 g/mol. The molecule has 0 saturated carbocycles. The van der Waals surface area contributed by atoms with Crippen LogP contribution < -0.4 is 0 Å². The van der Waals surface area contributed by atoms with E-state index >= 15 is 0 Å². The number of aliphatic hydroxyl groups excluding tert-OH is 1. The van der Waals surface area contributed by atoms with Crippen molar-refractivity contribution in [2.75, 3.05) is 0 Å². The molecule has 0 aliphatic rings. The first-order chi connectivity index (χ1) is 9.94. The van der Waals surface area contributed by atoms with Crippen molar-refractivity contribution < 1.29 is 18.3 Å². The van der Waals surface area contributed by atoms with E-state index in [9.17, 15) is 13.2 Å². The van der Waals surface area contributed by atoms with Crippen molar-refractivity contribution in [1.29, 1.82) is 5.26 Å². The number of nitriles is 1. The Bertz CT molecular complexity index is 675. The first-order valence-electron chi connectivity index (χ1n) is 5.93. The van der Waals surface area contributed by atoms with Gasteiger partial charge >= 0.3 is 6.18 Å². The summed E-state index contributed by atoms with van der Waals surface area (Å²) in [5.41, 5.74) is -0.104. The van der Waals surface area contributed by atoms with Crippen molar-refractivity contribution in [3.63, 3.8) is 0 Å². The monoisotopic (exact) mass is 309 g/mol. The molecule has 6 heteroatoms. The summed E-state index contributed by atoms with van der Waals surface area (Å²) in [6.45, 7) is -0.0747. The molecule has 0 radical (unpaired) electrons. The lowest BCUT2D eigenvalue weighted by molar-refractivity contribution is -0.137. The SMILES string of the molecule is N#Cc1cc(C(F)(F)F)ccc1Sc1ccc(CO)cc1. The molecule has 0 aliphatic carbocycles. The van der Waals surface area contributed by atoms with E-state index in [1.165, 1.54) is 17.8 Å². The van der Waals surface area contributed by atoms with Gasteiger partial charge in [0.05, 0.1) is 17.7 Å². The highest BCUT2D eigenvalue weighted by Crippen LogP contribution is 2.35. The van der Waals surface area contributed by atoms with Gasteiger partial charge in [0.2, 0.25) is 0 Å². The average molecular weight is 309 g/mol. The Labute approximate surface area is 123 Å². The van der Waals surface area contributed by atoms with Crippen LogP contribution >= 0.6 is 11.8 Å². The van der Waals surface area contributed by atoms with Gasteiger partial charge < -0.3 is 5.11 Å². The van der Waals surface area contributed by atoms with Gasteiger partial charge in [0.25, 0.3) is 0 Å². The van der Waals surface area contributed by atoms with Gasteiger partial charge in [-0.25, -0.2) is 0 Å². The molecule has 108 valence electrons. The average Bonchev–Trinajstić information content (AvgIpc) is 2.47. The summed E-state index contributed by atoms with van der Waals surface area (Å²) in [6.07, 6.45) is -4.46. The zero-order valence-electron chi connectivity index (χ0n) is 10.7. The van der Waals surface area contributed by atoms with Crippen LogP contribution in [-0.4, -0.2) is 5.11 Å². The summed E-state index contributed by atoms with van der Waals surface area (Å²) in [6, 6.07) is 11.8. The van der Waals surface area contributed by atoms with Gasteiger partial charge in [0.15, 0.2) is 0 Å². The maximum absolute atomic E-state index is 12.6. The van der Waals surface area contributed by atoms with Crippen LogP contribution in [-0.2, 0) is 12.8 Å². The summed E-state index contributed by atoms with van der Waals surface area (Å²) < 4.78 is 37.8. The Morgan fingerprint density at radius 2 is 1.76 bits per heavy atom. The first kappa shape index (κ1) is 15.4. The second-order valence-electron chi connectivity index (χ2n) is 4.22. The third kappa shape index (κ3) is 3.78. The Kier molecular flexibility index (Phi) is 4.56. The lowest BCUT2D eigenvalue weighted by Crippen LogP contribution is -2.05. The number of aliphatic hydroxyl groups is 1. The van der Waals surface area contributed by atoms with E-state index < -0.39 is 11.7 Å². The molecule has 0 aromatic heterocycles. The summed E-state index contributed by atoms with van der Waals surface area (Å²) in [5.74, 6) is 0. The third-order valence-electron chi connectivity index (χ3n) is 2.76. The number of benzene rings is 2. The summed E-state index contributed by atoms with van der Waals surface area (Å²) >= 11 is 1.21.